The van der Waals surface area contributed by atoms with Gasteiger partial charge in [0, 0.05) is 64.6 Å². The van der Waals surface area contributed by atoms with E-state index in [4.69, 9.17) is 17.7 Å². The van der Waals surface area contributed by atoms with Crippen molar-refractivity contribution >= 4 is 143 Å². The van der Waals surface area contributed by atoms with Gasteiger partial charge in [0.15, 0.2) is 22.3 Å². The summed E-state index contributed by atoms with van der Waals surface area (Å²) in [5.74, 6) is 0. The van der Waals surface area contributed by atoms with E-state index in [0.717, 1.165) is 166 Å². The molecule has 0 atom stereocenters. The van der Waals surface area contributed by atoms with Crippen molar-refractivity contribution in [1.82, 2.24) is 0 Å². The average molecular weight is 1030 g/mol. The molecule has 0 saturated carbocycles. The van der Waals surface area contributed by atoms with Crippen LogP contribution in [0.2, 0.25) is 0 Å². The number of anilines is 6. The number of nitrogens with zero attached hydrogens (tertiary/aromatic N) is 2. The Hall–Kier alpha value is -10.8. The molecule has 4 heterocycles. The molecule has 0 saturated heterocycles. The first-order chi connectivity index (χ1) is 39.7. The normalized spacial score (nSPS) is 12.0. The number of hydrogen-bond donors (Lipinski definition) is 0. The van der Waals surface area contributed by atoms with Gasteiger partial charge in [0.2, 0.25) is 0 Å². The Morgan fingerprint density at radius 2 is 0.463 bits per heavy atom. The SMILES string of the molecule is c1ccc(-c2ccc3c(N(c4cccc5c4oc4ccccc45)c4cccc5c4oc4ccccc45)c4cc(-c5ccccc5)ccc4c(N(c4cccc5c4oc4ccccc45)c4cccc5c4oc4ccccc45)c3c2)cc1. The molecule has 374 valence electrons. The van der Waals surface area contributed by atoms with Crippen molar-refractivity contribution in [3.05, 3.63) is 267 Å². The molecule has 17 rings (SSSR count). The zero-order valence-electron chi connectivity index (χ0n) is 42.9. The van der Waals surface area contributed by atoms with Crippen molar-refractivity contribution in [3.63, 3.8) is 0 Å². The minimum Gasteiger partial charge on any atom is -0.454 e. The Labute approximate surface area is 457 Å². The predicted molar refractivity (Wildman–Crippen MR) is 331 cm³/mol. The van der Waals surface area contributed by atoms with Crippen LogP contribution in [-0.2, 0) is 0 Å². The summed E-state index contributed by atoms with van der Waals surface area (Å²) in [6.45, 7) is 0. The van der Waals surface area contributed by atoms with Gasteiger partial charge in [-0.2, -0.15) is 0 Å². The Morgan fingerprint density at radius 1 is 0.188 bits per heavy atom. The molecule has 0 bridgehead atoms. The quantitative estimate of drug-likeness (QED) is 0.112. The second-order valence-corrected chi connectivity index (χ2v) is 20.6. The van der Waals surface area contributed by atoms with E-state index in [-0.39, 0.29) is 0 Å². The van der Waals surface area contributed by atoms with Crippen LogP contribution in [0.5, 0.6) is 0 Å². The molecule has 17 aromatic rings. The van der Waals surface area contributed by atoms with Crippen LogP contribution in [0.1, 0.15) is 0 Å². The van der Waals surface area contributed by atoms with Crippen LogP contribution in [0, 0.1) is 0 Å². The Morgan fingerprint density at radius 3 is 0.775 bits per heavy atom. The van der Waals surface area contributed by atoms with Crippen molar-refractivity contribution in [1.29, 1.82) is 0 Å². The molecule has 0 spiro atoms. The highest BCUT2D eigenvalue weighted by molar-refractivity contribution is 6.28. The van der Waals surface area contributed by atoms with Gasteiger partial charge in [0.1, 0.15) is 22.3 Å². The smallest absolute Gasteiger partial charge is 0.159 e. The first-order valence-corrected chi connectivity index (χ1v) is 27.1. The third kappa shape index (κ3) is 6.60. The summed E-state index contributed by atoms with van der Waals surface area (Å²) in [5.41, 5.74) is 16.1. The third-order valence-corrected chi connectivity index (χ3v) is 16.2. The molecule has 13 aromatic carbocycles. The molecule has 4 aromatic heterocycles. The number of fused-ring (bicyclic) bond motifs is 14. The first kappa shape index (κ1) is 44.3. The lowest BCUT2D eigenvalue weighted by Crippen LogP contribution is -2.15. The molecule has 6 heteroatoms. The lowest BCUT2D eigenvalue weighted by atomic mass is 9.91. The third-order valence-electron chi connectivity index (χ3n) is 16.2. The van der Waals surface area contributed by atoms with E-state index in [1.165, 1.54) is 0 Å². The molecule has 0 aliphatic heterocycles. The van der Waals surface area contributed by atoms with Crippen LogP contribution >= 0.6 is 0 Å². The number of hydrogen-bond acceptors (Lipinski definition) is 6. The maximum atomic E-state index is 7.08. The van der Waals surface area contributed by atoms with E-state index < -0.39 is 0 Å². The summed E-state index contributed by atoms with van der Waals surface area (Å²) < 4.78 is 28.3. The molecule has 6 nitrogen and oxygen atoms in total. The van der Waals surface area contributed by atoms with Gasteiger partial charge >= 0.3 is 0 Å². The minimum atomic E-state index is 0.766. The second-order valence-electron chi connectivity index (χ2n) is 20.6. The first-order valence-electron chi connectivity index (χ1n) is 27.1. The summed E-state index contributed by atoms with van der Waals surface area (Å²) in [6.07, 6.45) is 0. The lowest BCUT2D eigenvalue weighted by Gasteiger charge is -2.33. The largest absolute Gasteiger partial charge is 0.454 e. The van der Waals surface area contributed by atoms with Gasteiger partial charge in [0.25, 0.3) is 0 Å². The molecule has 0 amide bonds. The van der Waals surface area contributed by atoms with Crippen LogP contribution in [0.4, 0.5) is 34.1 Å². The van der Waals surface area contributed by atoms with Crippen LogP contribution < -0.4 is 9.80 Å². The highest BCUT2D eigenvalue weighted by Crippen LogP contribution is 2.57. The van der Waals surface area contributed by atoms with E-state index in [9.17, 15) is 0 Å². The molecule has 0 fully saturated rings. The molecular formula is C74H44N2O4. The average Bonchev–Trinajstić information content (AvgIpc) is 4.20. The molecule has 0 aliphatic rings. The Balaban J connectivity index is 1.09. The van der Waals surface area contributed by atoms with E-state index >= 15 is 0 Å². The van der Waals surface area contributed by atoms with Gasteiger partial charge in [-0.3, -0.25) is 0 Å². The maximum absolute atomic E-state index is 7.08. The van der Waals surface area contributed by atoms with Crippen molar-refractivity contribution in [2.24, 2.45) is 0 Å². The molecule has 0 unspecified atom stereocenters. The zero-order chi connectivity index (χ0) is 52.4. The fraction of sp³-hybridized carbons (Fsp3) is 0. The van der Waals surface area contributed by atoms with E-state index in [1.807, 2.05) is 24.3 Å². The monoisotopic (exact) mass is 1020 g/mol. The minimum absolute atomic E-state index is 0.766. The maximum Gasteiger partial charge on any atom is 0.159 e. The van der Waals surface area contributed by atoms with Crippen LogP contribution in [0.15, 0.2) is 285 Å². The second kappa shape index (κ2) is 17.3. The van der Waals surface area contributed by atoms with Crippen molar-refractivity contribution in [2.75, 3.05) is 9.80 Å². The van der Waals surface area contributed by atoms with Crippen molar-refractivity contribution in [3.8, 4) is 22.3 Å². The predicted octanol–water partition coefficient (Wildman–Crippen LogP) is 21.9. The number of para-hydroxylation sites is 8. The van der Waals surface area contributed by atoms with E-state index in [0.29, 0.717) is 0 Å². The van der Waals surface area contributed by atoms with Crippen LogP contribution in [-0.4, -0.2) is 0 Å². The highest BCUT2D eigenvalue weighted by Gasteiger charge is 2.32. The summed E-state index contributed by atoms with van der Waals surface area (Å²) in [5, 5.41) is 12.3. The van der Waals surface area contributed by atoms with Crippen LogP contribution in [0.25, 0.3) is 132 Å². The number of rotatable bonds is 8. The Bertz CT molecular complexity index is 4770. The number of furan rings is 4. The molecule has 80 heavy (non-hydrogen) atoms. The molecule has 0 aliphatic carbocycles. The summed E-state index contributed by atoms with van der Waals surface area (Å²) in [6, 6.07) is 94.5. The number of benzene rings is 13. The van der Waals surface area contributed by atoms with E-state index in [2.05, 4.69) is 252 Å². The molecule has 0 N–H and O–H groups in total. The topological polar surface area (TPSA) is 59.0 Å². The van der Waals surface area contributed by atoms with E-state index in [1.54, 1.807) is 0 Å². The Kier molecular flexibility index (Phi) is 9.61. The lowest BCUT2D eigenvalue weighted by molar-refractivity contribution is 0.665. The summed E-state index contributed by atoms with van der Waals surface area (Å²) >= 11 is 0. The van der Waals surface area contributed by atoms with Gasteiger partial charge in [-0.15, -0.1) is 0 Å². The fourth-order valence-electron chi connectivity index (χ4n) is 12.7. The summed E-state index contributed by atoms with van der Waals surface area (Å²) in [7, 11) is 0. The fourth-order valence-corrected chi connectivity index (χ4v) is 12.7. The van der Waals surface area contributed by atoms with Gasteiger partial charge in [-0.1, -0.05) is 206 Å². The zero-order valence-corrected chi connectivity index (χ0v) is 42.9. The van der Waals surface area contributed by atoms with Crippen LogP contribution in [0.3, 0.4) is 0 Å². The van der Waals surface area contributed by atoms with Gasteiger partial charge in [-0.05, 0) is 82.9 Å². The van der Waals surface area contributed by atoms with Gasteiger partial charge < -0.3 is 27.5 Å². The van der Waals surface area contributed by atoms with Crippen molar-refractivity contribution < 1.29 is 17.7 Å². The van der Waals surface area contributed by atoms with Crippen molar-refractivity contribution in [2.45, 2.75) is 0 Å². The molecular weight excluding hydrogens is 981 g/mol. The van der Waals surface area contributed by atoms with Gasteiger partial charge in [-0.25, -0.2) is 0 Å². The molecule has 0 radical (unpaired) electrons. The highest BCUT2D eigenvalue weighted by atomic mass is 16.3. The van der Waals surface area contributed by atoms with Gasteiger partial charge in [0.05, 0.1) is 34.1 Å². The standard InChI is InChI=1S/C74H44N2O4/c1-3-19-45(20-4-1)47-39-41-53-59(43-47)69(75(61-31-15-27-55-49-23-7-11-35-65(49)77-71(55)61)62-32-16-28-56-50-24-8-12-36-66(50)78-72(56)62)54-42-40-48(46-21-5-2-6-22-46)44-60(54)70(53)76(63-33-17-29-57-51-25-9-13-37-67(51)79-73(57)63)64-34-18-30-58-52-26-10-14-38-68(52)80-74(58)64/h1-44H. The summed E-state index contributed by atoms with van der Waals surface area (Å²) in [4.78, 5) is 4.82.